The molecule has 1 aromatic rings. The van der Waals surface area contributed by atoms with Crippen molar-refractivity contribution in [2.45, 2.75) is 40.0 Å². The fourth-order valence-corrected chi connectivity index (χ4v) is 2.30. The number of halogens is 2. The van der Waals surface area contributed by atoms with Crippen molar-refractivity contribution in [3.8, 4) is 0 Å². The molecule has 1 aliphatic carbocycles. The molecule has 0 fully saturated rings. The zero-order chi connectivity index (χ0) is 12.8. The predicted octanol–water partition coefficient (Wildman–Crippen LogP) is 5.28. The van der Waals surface area contributed by atoms with Crippen LogP contribution >= 0.6 is 17.0 Å². The summed E-state index contributed by atoms with van der Waals surface area (Å²) >= 11 is -0.826. The van der Waals surface area contributed by atoms with Crippen LogP contribution in [0.2, 0.25) is 0 Å². The van der Waals surface area contributed by atoms with E-state index < -0.39 is 20.8 Å². The number of benzene rings is 1. The average molecular weight is 348 g/mol. The van der Waals surface area contributed by atoms with Gasteiger partial charge in [-0.3, -0.25) is 0 Å². The van der Waals surface area contributed by atoms with Crippen molar-refractivity contribution in [1.82, 2.24) is 0 Å². The van der Waals surface area contributed by atoms with Crippen LogP contribution in [0.25, 0.3) is 6.08 Å². The van der Waals surface area contributed by atoms with E-state index in [1.165, 1.54) is 41.5 Å². The minimum atomic E-state index is -0.826. The number of hydrogen-bond donors (Lipinski definition) is 0. The summed E-state index contributed by atoms with van der Waals surface area (Å²) in [5, 5.41) is 0. The molecule has 17 heavy (non-hydrogen) atoms. The second kappa shape index (κ2) is 7.77. The molecular weight excluding hydrogens is 330 g/mol. The molecule has 0 amide bonds. The van der Waals surface area contributed by atoms with Gasteiger partial charge in [0.05, 0.1) is 0 Å². The first-order valence-corrected chi connectivity index (χ1v) is 12.2. The van der Waals surface area contributed by atoms with Crippen LogP contribution in [0.15, 0.2) is 17.7 Å². The second-order valence-electron chi connectivity index (χ2n) is 4.42. The summed E-state index contributed by atoms with van der Waals surface area (Å²) in [5.41, 5.74) is 7.57. The maximum absolute atomic E-state index is 4.93. The molecule has 0 atom stereocenters. The normalized spacial score (nSPS) is 12.4. The van der Waals surface area contributed by atoms with E-state index in [1.807, 2.05) is 0 Å². The van der Waals surface area contributed by atoms with Crippen LogP contribution in [-0.2, 0) is 33.7 Å². The Bertz CT molecular complexity index is 411. The van der Waals surface area contributed by atoms with E-state index in [0.717, 1.165) is 0 Å². The molecule has 0 saturated carbocycles. The van der Waals surface area contributed by atoms with Gasteiger partial charge in [-0.25, -0.2) is 0 Å². The van der Waals surface area contributed by atoms with Gasteiger partial charge in [0.1, 0.15) is 0 Å². The van der Waals surface area contributed by atoms with E-state index in [4.69, 9.17) is 17.0 Å². The van der Waals surface area contributed by atoms with E-state index >= 15 is 0 Å². The van der Waals surface area contributed by atoms with E-state index in [0.29, 0.717) is 0 Å². The van der Waals surface area contributed by atoms with Crippen LogP contribution in [0.5, 0.6) is 0 Å². The van der Waals surface area contributed by atoms with Gasteiger partial charge in [0.15, 0.2) is 0 Å². The molecule has 92 valence electrons. The predicted molar refractivity (Wildman–Crippen MR) is 74.2 cm³/mol. The van der Waals surface area contributed by atoms with E-state index in [2.05, 4.69) is 39.0 Å². The molecule has 0 saturated heterocycles. The first-order valence-electron chi connectivity index (χ1n) is 5.88. The summed E-state index contributed by atoms with van der Waals surface area (Å²) in [5.74, 6) is 0. The molecule has 0 nitrogen and oxygen atoms in total. The van der Waals surface area contributed by atoms with Crippen molar-refractivity contribution in [2.75, 3.05) is 0 Å². The van der Waals surface area contributed by atoms with Crippen LogP contribution in [0.3, 0.4) is 0 Å². The first-order chi connectivity index (χ1) is 8.13. The molecule has 0 bridgehead atoms. The monoisotopic (exact) mass is 346 g/mol. The SMILES string of the molecule is CCCc1ccc(C)c2c1C=C(C)C2.[Cl][Zr][Cl]. The van der Waals surface area contributed by atoms with Gasteiger partial charge in [0.2, 0.25) is 0 Å². The summed E-state index contributed by atoms with van der Waals surface area (Å²) in [6, 6.07) is 4.57. The van der Waals surface area contributed by atoms with Crippen molar-refractivity contribution in [2.24, 2.45) is 0 Å². The van der Waals surface area contributed by atoms with Crippen LogP contribution < -0.4 is 0 Å². The fraction of sp³-hybridized carbons (Fsp3) is 0.429. The number of rotatable bonds is 2. The number of fused-ring (bicyclic) bond motifs is 1. The van der Waals surface area contributed by atoms with Gasteiger partial charge in [-0.05, 0) is 48.9 Å². The Labute approximate surface area is 123 Å². The maximum atomic E-state index is 4.93. The molecule has 0 heterocycles. The van der Waals surface area contributed by atoms with Crippen LogP contribution in [0.4, 0.5) is 0 Å². The fourth-order valence-electron chi connectivity index (χ4n) is 2.30. The third-order valence-corrected chi connectivity index (χ3v) is 3.05. The Balaban J connectivity index is 0.000000437. The molecule has 0 radical (unpaired) electrons. The Morgan fingerprint density at radius 2 is 1.88 bits per heavy atom. The van der Waals surface area contributed by atoms with Crippen LogP contribution in [0, 0.1) is 6.92 Å². The third kappa shape index (κ3) is 4.23. The Morgan fingerprint density at radius 1 is 1.24 bits per heavy atom. The quantitative estimate of drug-likeness (QED) is 0.682. The average Bonchev–Trinajstić information content (AvgIpc) is 2.67. The summed E-state index contributed by atoms with van der Waals surface area (Å²) in [6.07, 6.45) is 5.99. The number of hydrogen-bond acceptors (Lipinski definition) is 0. The van der Waals surface area contributed by atoms with E-state index in [-0.39, 0.29) is 0 Å². The zero-order valence-electron chi connectivity index (χ0n) is 10.6. The Hall–Kier alpha value is 0.423. The molecule has 1 aliphatic rings. The molecule has 0 N–H and O–H groups in total. The third-order valence-electron chi connectivity index (χ3n) is 3.05. The van der Waals surface area contributed by atoms with Crippen molar-refractivity contribution in [1.29, 1.82) is 0 Å². The topological polar surface area (TPSA) is 0 Å². The molecule has 3 heteroatoms. The van der Waals surface area contributed by atoms with E-state index in [1.54, 1.807) is 5.56 Å². The molecule has 0 aliphatic heterocycles. The minimum absolute atomic E-state index is 0.826. The van der Waals surface area contributed by atoms with Gasteiger partial charge in [0.25, 0.3) is 0 Å². The standard InChI is InChI=1S/C14H18.2ClH.Zr/c1-4-5-12-7-6-11(3)13-8-10(2)9-14(12)13;;;/h6-7,9H,4-5,8H2,1-3H3;2*1H;/q;;;+2/p-2. The van der Waals surface area contributed by atoms with Crippen molar-refractivity contribution >= 4 is 23.1 Å². The summed E-state index contributed by atoms with van der Waals surface area (Å²) < 4.78 is 0. The molecule has 0 spiro atoms. The molecule has 0 aromatic heterocycles. The van der Waals surface area contributed by atoms with Crippen molar-refractivity contribution < 1.29 is 20.8 Å². The van der Waals surface area contributed by atoms with Gasteiger partial charge in [-0.2, -0.15) is 0 Å². The second-order valence-corrected chi connectivity index (χ2v) is 8.15. The molecule has 2 rings (SSSR count). The number of aryl methyl sites for hydroxylation is 2. The Kier molecular flexibility index (Phi) is 7.08. The van der Waals surface area contributed by atoms with Gasteiger partial charge >= 0.3 is 37.9 Å². The zero-order valence-corrected chi connectivity index (χ0v) is 14.6. The van der Waals surface area contributed by atoms with E-state index in [9.17, 15) is 0 Å². The van der Waals surface area contributed by atoms with Crippen LogP contribution in [0.1, 0.15) is 42.5 Å². The first kappa shape index (κ1) is 15.5. The Morgan fingerprint density at radius 3 is 2.47 bits per heavy atom. The van der Waals surface area contributed by atoms with Crippen molar-refractivity contribution in [3.05, 3.63) is 40.0 Å². The van der Waals surface area contributed by atoms with Crippen molar-refractivity contribution in [3.63, 3.8) is 0 Å². The molecule has 0 unspecified atom stereocenters. The molecular formula is C14H18Cl2Zr. The summed E-state index contributed by atoms with van der Waals surface area (Å²) in [4.78, 5) is 0. The summed E-state index contributed by atoms with van der Waals surface area (Å²) in [6.45, 7) is 6.70. The van der Waals surface area contributed by atoms with Gasteiger partial charge in [0, 0.05) is 0 Å². The van der Waals surface area contributed by atoms with Gasteiger partial charge in [-0.15, -0.1) is 0 Å². The van der Waals surface area contributed by atoms with Crippen LogP contribution in [-0.4, -0.2) is 0 Å². The van der Waals surface area contributed by atoms with Gasteiger partial charge < -0.3 is 0 Å². The summed E-state index contributed by atoms with van der Waals surface area (Å²) in [7, 11) is 9.87. The van der Waals surface area contributed by atoms with Gasteiger partial charge in [-0.1, -0.05) is 37.1 Å². The molecule has 1 aromatic carbocycles. The number of allylic oxidation sites excluding steroid dienone is 1.